The van der Waals surface area contributed by atoms with Gasteiger partial charge in [0.2, 0.25) is 0 Å². The Morgan fingerprint density at radius 3 is 0.673 bits per heavy atom. The Morgan fingerprint density at radius 2 is 0.592 bits per heavy atom. The predicted molar refractivity (Wildman–Crippen MR) is 155 cm³/mol. The average Bonchev–Trinajstić information content (AvgIpc) is 3.96. The first kappa shape index (κ1) is 41.9. The van der Waals surface area contributed by atoms with Gasteiger partial charge in [0.15, 0.2) is 0 Å². The van der Waals surface area contributed by atoms with Gasteiger partial charge in [-0.05, 0) is 0 Å². The summed E-state index contributed by atoms with van der Waals surface area (Å²) in [5.74, 6) is -8.36. The van der Waals surface area contributed by atoms with Gasteiger partial charge in [-0.15, -0.1) is 0 Å². The van der Waals surface area contributed by atoms with Crippen LogP contribution >= 0.6 is 0 Å². The topological polar surface area (TPSA) is 333 Å². The molecule has 6 heterocycles. The Labute approximate surface area is 286 Å². The number of nitrogens with zero attached hydrogens (tertiary/aromatic N) is 6. The van der Waals surface area contributed by atoms with Crippen molar-refractivity contribution in [3.63, 3.8) is 0 Å². The third-order valence-electron chi connectivity index (χ3n) is 4.49. The van der Waals surface area contributed by atoms with Crippen molar-refractivity contribution in [2.45, 2.75) is 0 Å². The van der Waals surface area contributed by atoms with Crippen molar-refractivity contribution in [2.24, 2.45) is 0 Å². The SMILES string of the molecule is O=C([O-])c1ccc(C(=O)[O-])c(C(=O)[O-])c1C(=O)[O-].[Ni].c1c[nH]cn1.c1c[nH]cn1.c1c[nH]cn1.c1c[nH]cn1.c1c[nH]cn1.c1c[nH]cn1. The van der Waals surface area contributed by atoms with Gasteiger partial charge < -0.3 is 69.5 Å². The van der Waals surface area contributed by atoms with Crippen LogP contribution in [0.5, 0.6) is 0 Å². The molecule has 6 aromatic heterocycles. The number of hydrogen-bond acceptors (Lipinski definition) is 14. The standard InChI is InChI=1S/C10H6O8.6C3H4N2.Ni/c11-7(12)3-1-2-4(8(13)14)6(10(17)18)5(3)9(15)16;6*1-2-5-3-4-1;/h1-2H,(H,11,12)(H,13,14)(H,15,16)(H,17,18);6*1-3H,(H,4,5);/p-4. The van der Waals surface area contributed by atoms with Crippen molar-refractivity contribution in [1.29, 1.82) is 0 Å². The Hall–Kier alpha value is -7.15. The fourth-order valence-electron chi connectivity index (χ4n) is 2.66. The number of H-pyrrole nitrogens is 6. The Kier molecular flexibility index (Phi) is 23.2. The predicted octanol–water partition coefficient (Wildman–Crippen LogP) is -2.40. The van der Waals surface area contributed by atoms with Crippen LogP contribution in [0.25, 0.3) is 0 Å². The van der Waals surface area contributed by atoms with E-state index in [0.717, 1.165) is 0 Å². The molecule has 0 aliphatic carbocycles. The van der Waals surface area contributed by atoms with Crippen molar-refractivity contribution in [2.75, 3.05) is 0 Å². The molecule has 0 spiro atoms. The molecule has 0 unspecified atom stereocenters. The Morgan fingerprint density at radius 1 is 0.388 bits per heavy atom. The van der Waals surface area contributed by atoms with Gasteiger partial charge in [-0.1, -0.05) is 12.1 Å². The van der Waals surface area contributed by atoms with Crippen LogP contribution in [0.4, 0.5) is 0 Å². The van der Waals surface area contributed by atoms with Gasteiger partial charge in [0.1, 0.15) is 0 Å². The summed E-state index contributed by atoms with van der Waals surface area (Å²) >= 11 is 0. The maximum Gasteiger partial charge on any atom is 0.0919 e. The van der Waals surface area contributed by atoms with Crippen molar-refractivity contribution >= 4 is 23.9 Å². The number of carboxylic acids is 4. The maximum absolute atomic E-state index is 10.7. The largest absolute Gasteiger partial charge is 0.545 e. The van der Waals surface area contributed by atoms with Crippen LogP contribution in [0.1, 0.15) is 41.4 Å². The number of hydrogen-bond donors (Lipinski definition) is 6. The number of aromatic nitrogens is 12. The third-order valence-corrected chi connectivity index (χ3v) is 4.49. The van der Waals surface area contributed by atoms with E-state index in [9.17, 15) is 39.6 Å². The van der Waals surface area contributed by atoms with Gasteiger partial charge in [0, 0.05) is 113 Å². The number of nitrogens with one attached hydrogen (secondary N) is 6. The summed E-state index contributed by atoms with van der Waals surface area (Å²) < 4.78 is 0. The molecule has 49 heavy (non-hydrogen) atoms. The Balaban J connectivity index is 0.000000606. The number of carbonyl (C=O) groups excluding carboxylic acids is 4. The summed E-state index contributed by atoms with van der Waals surface area (Å²) in [6, 6.07) is 1.14. The zero-order valence-corrected chi connectivity index (χ0v) is 25.8. The molecule has 21 heteroatoms. The molecule has 0 aliphatic rings. The minimum Gasteiger partial charge on any atom is -0.545 e. The molecule has 0 radical (unpaired) electrons. The first-order valence-corrected chi connectivity index (χ1v) is 12.9. The van der Waals surface area contributed by atoms with Gasteiger partial charge >= 0.3 is 0 Å². The van der Waals surface area contributed by atoms with E-state index < -0.39 is 46.1 Å². The molecule has 7 aromatic rings. The quantitative estimate of drug-likeness (QED) is 0.103. The van der Waals surface area contributed by atoms with E-state index in [1.165, 1.54) is 0 Å². The third kappa shape index (κ3) is 19.8. The van der Waals surface area contributed by atoms with Crippen molar-refractivity contribution < 1.29 is 56.1 Å². The molecule has 0 bridgehead atoms. The van der Waals surface area contributed by atoms with Gasteiger partial charge in [-0.25, -0.2) is 29.9 Å². The smallest absolute Gasteiger partial charge is 0.0919 e. The molecule has 0 aliphatic heterocycles. The van der Waals surface area contributed by atoms with E-state index in [4.69, 9.17) is 0 Å². The van der Waals surface area contributed by atoms with Crippen LogP contribution in [0.3, 0.4) is 0 Å². The molecule has 0 amide bonds. The van der Waals surface area contributed by atoms with Crippen LogP contribution < -0.4 is 20.4 Å². The summed E-state index contributed by atoms with van der Waals surface area (Å²) in [6.45, 7) is 0. The molecule has 1 aromatic carbocycles. The second kappa shape index (κ2) is 27.2. The zero-order chi connectivity index (χ0) is 35.2. The summed E-state index contributed by atoms with van der Waals surface area (Å²) in [4.78, 5) is 81.1. The van der Waals surface area contributed by atoms with Crippen LogP contribution in [0, 0.1) is 0 Å². The molecule has 0 atom stereocenters. The van der Waals surface area contributed by atoms with Crippen LogP contribution in [0.2, 0.25) is 0 Å². The molecule has 0 saturated heterocycles. The maximum atomic E-state index is 10.7. The Bertz CT molecular complexity index is 1370. The summed E-state index contributed by atoms with van der Waals surface area (Å²) in [7, 11) is 0. The number of aromatic amines is 6. The van der Waals surface area contributed by atoms with E-state index in [-0.39, 0.29) is 16.5 Å². The number of carboxylic acid groups (broad SMARTS) is 4. The second-order valence-electron chi connectivity index (χ2n) is 7.62. The van der Waals surface area contributed by atoms with Gasteiger partial charge in [0.25, 0.3) is 0 Å². The van der Waals surface area contributed by atoms with Crippen LogP contribution in [0.15, 0.2) is 124 Å². The fourth-order valence-corrected chi connectivity index (χ4v) is 2.66. The number of rotatable bonds is 4. The molecule has 6 N–H and O–H groups in total. The number of imidazole rings is 6. The minimum atomic E-state index is -2.18. The molecule has 0 fully saturated rings. The monoisotopic (exact) mass is 716 g/mol. The van der Waals surface area contributed by atoms with E-state index in [1.807, 2.05) is 0 Å². The van der Waals surface area contributed by atoms with Crippen LogP contribution in [-0.4, -0.2) is 83.7 Å². The number of benzene rings is 1. The molecule has 260 valence electrons. The van der Waals surface area contributed by atoms with Gasteiger partial charge in [-0.2, -0.15) is 0 Å². The normalized spacial score (nSPS) is 8.49. The second-order valence-corrected chi connectivity index (χ2v) is 7.62. The molecule has 0 saturated carbocycles. The van der Waals surface area contributed by atoms with E-state index in [2.05, 4.69) is 59.8 Å². The van der Waals surface area contributed by atoms with Crippen molar-refractivity contribution in [1.82, 2.24) is 59.8 Å². The summed E-state index contributed by atoms with van der Waals surface area (Å²) in [5, 5.41) is 42.6. The molecular weight excluding hydrogens is 691 g/mol. The number of carbonyl (C=O) groups is 4. The molecule has 7 rings (SSSR count). The molecule has 20 nitrogen and oxygen atoms in total. The van der Waals surface area contributed by atoms with E-state index >= 15 is 0 Å². The van der Waals surface area contributed by atoms with Crippen molar-refractivity contribution in [3.05, 3.63) is 147 Å². The molecular formula is C28H26N12NiO8-4. The summed E-state index contributed by atoms with van der Waals surface area (Å²) in [5.41, 5.74) is -4.73. The van der Waals surface area contributed by atoms with Gasteiger partial charge in [0.05, 0.1) is 61.8 Å². The van der Waals surface area contributed by atoms with E-state index in [1.54, 1.807) is 112 Å². The van der Waals surface area contributed by atoms with Gasteiger partial charge in [-0.3, -0.25) is 0 Å². The first-order chi connectivity index (χ1) is 23.3. The zero-order valence-electron chi connectivity index (χ0n) is 24.8. The van der Waals surface area contributed by atoms with E-state index in [0.29, 0.717) is 12.1 Å². The van der Waals surface area contributed by atoms with Crippen molar-refractivity contribution in [3.8, 4) is 0 Å². The minimum absolute atomic E-state index is 0. The number of aromatic carboxylic acids is 4. The first-order valence-electron chi connectivity index (χ1n) is 12.9. The fraction of sp³-hybridized carbons (Fsp3) is 0. The summed E-state index contributed by atoms with van der Waals surface area (Å²) in [6.07, 6.45) is 30.5. The average molecular weight is 717 g/mol. The van der Waals surface area contributed by atoms with Crippen LogP contribution in [-0.2, 0) is 16.5 Å².